The van der Waals surface area contributed by atoms with Crippen LogP contribution in [-0.2, 0) is 13.1 Å². The monoisotopic (exact) mass is 480 g/mol. The molecule has 0 spiro atoms. The number of benzene rings is 3. The molecule has 180 valence electrons. The first-order valence-electron chi connectivity index (χ1n) is 10.7. The number of ether oxygens (including phenoxy) is 2. The Morgan fingerprint density at radius 1 is 0.914 bits per heavy atom. The van der Waals surface area contributed by atoms with Crippen molar-refractivity contribution in [1.82, 2.24) is 9.80 Å². The van der Waals surface area contributed by atoms with E-state index in [4.69, 9.17) is 4.74 Å². The number of methoxy groups -OCH3 is 1. The van der Waals surface area contributed by atoms with E-state index in [1.165, 1.54) is 24.1 Å². The summed E-state index contributed by atoms with van der Waals surface area (Å²) < 4.78 is 34.6. The second-order valence-electron chi connectivity index (χ2n) is 7.97. The highest BCUT2D eigenvalue weighted by atomic mass is 19.3. The number of carbonyl (C=O) groups is 3. The lowest BCUT2D eigenvalue weighted by Crippen LogP contribution is -2.29. The Morgan fingerprint density at radius 3 is 2.23 bits per heavy atom. The van der Waals surface area contributed by atoms with Crippen molar-refractivity contribution in [3.63, 3.8) is 0 Å². The third-order valence-corrected chi connectivity index (χ3v) is 5.60. The van der Waals surface area contributed by atoms with Gasteiger partial charge in [-0.25, -0.2) is 0 Å². The second kappa shape index (κ2) is 9.92. The zero-order valence-electron chi connectivity index (χ0n) is 19.0. The third-order valence-electron chi connectivity index (χ3n) is 5.60. The van der Waals surface area contributed by atoms with E-state index in [9.17, 15) is 23.2 Å². The van der Waals surface area contributed by atoms with Crippen molar-refractivity contribution < 1.29 is 32.6 Å². The molecule has 0 N–H and O–H groups in total. The molecule has 0 aliphatic carbocycles. The van der Waals surface area contributed by atoms with Gasteiger partial charge in [0.25, 0.3) is 17.7 Å². The molecule has 0 saturated heterocycles. The third kappa shape index (κ3) is 4.98. The Morgan fingerprint density at radius 2 is 1.60 bits per heavy atom. The first-order valence-corrected chi connectivity index (χ1v) is 10.7. The molecule has 35 heavy (non-hydrogen) atoms. The van der Waals surface area contributed by atoms with Crippen LogP contribution in [0.2, 0.25) is 0 Å². The summed E-state index contributed by atoms with van der Waals surface area (Å²) in [4.78, 5) is 41.0. The highest BCUT2D eigenvalue weighted by Gasteiger charge is 2.35. The van der Waals surface area contributed by atoms with Crippen LogP contribution in [-0.4, -0.2) is 48.3 Å². The van der Waals surface area contributed by atoms with E-state index in [0.29, 0.717) is 27.8 Å². The lowest BCUT2D eigenvalue weighted by Gasteiger charge is -2.19. The van der Waals surface area contributed by atoms with Gasteiger partial charge in [0.2, 0.25) is 0 Å². The van der Waals surface area contributed by atoms with Gasteiger partial charge in [-0.15, -0.1) is 0 Å². The van der Waals surface area contributed by atoms with Gasteiger partial charge in [-0.1, -0.05) is 30.3 Å². The predicted octanol–water partition coefficient (Wildman–Crippen LogP) is 4.37. The smallest absolute Gasteiger partial charge is 0.387 e. The topological polar surface area (TPSA) is 76.2 Å². The van der Waals surface area contributed by atoms with Gasteiger partial charge in [0.15, 0.2) is 11.5 Å². The standard InChI is InChI=1S/C26H22F2N2O5/c1-29(14-17-10-11-21(35-26(27)28)22(13-17)34-2)23(31)18-7-5-6-16(12-18)15-30-24(32)19-8-3-4-9-20(19)25(30)33/h3-13,26H,14-15H2,1-2H3. The van der Waals surface area contributed by atoms with Gasteiger partial charge < -0.3 is 14.4 Å². The molecule has 3 aromatic rings. The lowest BCUT2D eigenvalue weighted by atomic mass is 10.1. The van der Waals surface area contributed by atoms with Gasteiger partial charge >= 0.3 is 6.61 Å². The summed E-state index contributed by atoms with van der Waals surface area (Å²) in [6.07, 6.45) is 0. The molecule has 1 aliphatic rings. The minimum absolute atomic E-state index is 0.0416. The van der Waals surface area contributed by atoms with Crippen LogP contribution in [0.15, 0.2) is 66.7 Å². The molecule has 3 amide bonds. The number of halogens is 2. The molecule has 1 aliphatic heterocycles. The van der Waals surface area contributed by atoms with Crippen LogP contribution in [0.1, 0.15) is 42.2 Å². The molecule has 0 atom stereocenters. The predicted molar refractivity (Wildman–Crippen MR) is 123 cm³/mol. The Bertz CT molecular complexity index is 1260. The molecule has 3 aromatic carbocycles. The number of hydrogen-bond acceptors (Lipinski definition) is 5. The number of rotatable bonds is 8. The van der Waals surface area contributed by atoms with E-state index in [0.717, 1.165) is 4.90 Å². The maximum atomic E-state index is 13.0. The molecule has 0 saturated carbocycles. The summed E-state index contributed by atoms with van der Waals surface area (Å²) in [7, 11) is 2.95. The summed E-state index contributed by atoms with van der Waals surface area (Å²) in [5, 5.41) is 0. The van der Waals surface area contributed by atoms with E-state index >= 15 is 0 Å². The number of carbonyl (C=O) groups excluding carboxylic acids is 3. The fraction of sp³-hybridized carbons (Fsp3) is 0.192. The molecule has 0 radical (unpaired) electrons. The van der Waals surface area contributed by atoms with Crippen molar-refractivity contribution in [2.24, 2.45) is 0 Å². The van der Waals surface area contributed by atoms with Crippen molar-refractivity contribution >= 4 is 17.7 Å². The summed E-state index contributed by atoms with van der Waals surface area (Å²) in [5.41, 5.74) is 2.40. The molecule has 0 aromatic heterocycles. The minimum Gasteiger partial charge on any atom is -0.493 e. The highest BCUT2D eigenvalue weighted by molar-refractivity contribution is 6.21. The second-order valence-corrected chi connectivity index (χ2v) is 7.97. The molecule has 0 bridgehead atoms. The Kier molecular flexibility index (Phi) is 6.77. The molecule has 0 unspecified atom stereocenters. The molecular weight excluding hydrogens is 458 g/mol. The summed E-state index contributed by atoms with van der Waals surface area (Å²) in [5.74, 6) is -0.992. The maximum Gasteiger partial charge on any atom is 0.387 e. The van der Waals surface area contributed by atoms with Gasteiger partial charge in [-0.2, -0.15) is 8.78 Å². The van der Waals surface area contributed by atoms with Crippen LogP contribution in [0.25, 0.3) is 0 Å². The zero-order chi connectivity index (χ0) is 25.1. The van der Waals surface area contributed by atoms with Gasteiger partial charge in [0, 0.05) is 19.2 Å². The van der Waals surface area contributed by atoms with E-state index in [1.54, 1.807) is 61.6 Å². The molecule has 4 rings (SSSR count). The lowest BCUT2D eigenvalue weighted by molar-refractivity contribution is -0.0512. The summed E-state index contributed by atoms with van der Waals surface area (Å²) >= 11 is 0. The summed E-state index contributed by atoms with van der Waals surface area (Å²) in [6.45, 7) is -2.75. The fourth-order valence-electron chi connectivity index (χ4n) is 3.94. The number of amides is 3. The first-order chi connectivity index (χ1) is 16.8. The average Bonchev–Trinajstić information content (AvgIpc) is 3.09. The van der Waals surface area contributed by atoms with Crippen molar-refractivity contribution in [1.29, 1.82) is 0 Å². The zero-order valence-corrected chi connectivity index (χ0v) is 19.0. The van der Waals surface area contributed by atoms with Crippen LogP contribution in [0.4, 0.5) is 8.78 Å². The highest BCUT2D eigenvalue weighted by Crippen LogP contribution is 2.30. The molecule has 9 heteroatoms. The Hall–Kier alpha value is -4.27. The number of alkyl halides is 2. The average molecular weight is 480 g/mol. The Balaban J connectivity index is 1.46. The normalized spacial score (nSPS) is 12.7. The van der Waals surface area contributed by atoms with Crippen molar-refractivity contribution in [3.8, 4) is 11.5 Å². The fourth-order valence-corrected chi connectivity index (χ4v) is 3.94. The van der Waals surface area contributed by atoms with Gasteiger partial charge in [0.05, 0.1) is 24.8 Å². The van der Waals surface area contributed by atoms with Crippen LogP contribution in [0.3, 0.4) is 0 Å². The Labute approximate surface area is 200 Å². The SMILES string of the molecule is COc1cc(CN(C)C(=O)c2cccc(CN3C(=O)c4ccccc4C3=O)c2)ccc1OC(F)F. The van der Waals surface area contributed by atoms with Crippen LogP contribution >= 0.6 is 0 Å². The molecular formula is C26H22F2N2O5. The number of nitrogens with zero attached hydrogens (tertiary/aromatic N) is 2. The quantitative estimate of drug-likeness (QED) is 0.448. The summed E-state index contributed by atoms with van der Waals surface area (Å²) in [6, 6.07) is 17.8. The first kappa shape index (κ1) is 23.9. The molecule has 7 nitrogen and oxygen atoms in total. The molecule has 0 fully saturated rings. The van der Waals surface area contributed by atoms with Crippen molar-refractivity contribution in [2.45, 2.75) is 19.7 Å². The van der Waals surface area contributed by atoms with Gasteiger partial charge in [0.1, 0.15) is 0 Å². The maximum absolute atomic E-state index is 13.0. The van der Waals surface area contributed by atoms with Crippen LogP contribution in [0, 0.1) is 0 Å². The van der Waals surface area contributed by atoms with Crippen LogP contribution in [0.5, 0.6) is 11.5 Å². The van der Waals surface area contributed by atoms with Crippen LogP contribution < -0.4 is 9.47 Å². The van der Waals surface area contributed by atoms with E-state index in [-0.39, 0.29) is 42.3 Å². The van der Waals surface area contributed by atoms with Crippen molar-refractivity contribution in [2.75, 3.05) is 14.2 Å². The molecule has 1 heterocycles. The van der Waals surface area contributed by atoms with Crippen molar-refractivity contribution in [3.05, 3.63) is 94.5 Å². The van der Waals surface area contributed by atoms with E-state index in [2.05, 4.69) is 4.74 Å². The van der Waals surface area contributed by atoms with E-state index in [1.807, 2.05) is 0 Å². The van der Waals surface area contributed by atoms with E-state index < -0.39 is 6.61 Å². The number of imide groups is 1. The number of fused-ring (bicyclic) bond motifs is 1. The number of hydrogen-bond donors (Lipinski definition) is 0. The van der Waals surface area contributed by atoms with Gasteiger partial charge in [-0.3, -0.25) is 19.3 Å². The minimum atomic E-state index is -2.98. The largest absolute Gasteiger partial charge is 0.493 e. The van der Waals surface area contributed by atoms with Gasteiger partial charge in [-0.05, 0) is 47.5 Å².